The molecule has 1 aliphatic heterocycles. The van der Waals surface area contributed by atoms with Crippen molar-refractivity contribution < 1.29 is 14.6 Å². The number of fused-ring (bicyclic) bond motifs is 1. The smallest absolute Gasteiger partial charge is 0.273 e. The number of nitrogens with one attached hydrogen (secondary N) is 1. The van der Waals surface area contributed by atoms with Gasteiger partial charge in [-0.1, -0.05) is 36.7 Å². The van der Waals surface area contributed by atoms with E-state index in [1.54, 1.807) is 29.4 Å². The number of aromatic hydroxyl groups is 1. The van der Waals surface area contributed by atoms with Crippen LogP contribution in [0.3, 0.4) is 0 Å². The number of ether oxygens (including phenoxy) is 1. The van der Waals surface area contributed by atoms with Gasteiger partial charge >= 0.3 is 0 Å². The molecule has 0 fully saturated rings. The molecule has 0 radical (unpaired) electrons. The van der Waals surface area contributed by atoms with Gasteiger partial charge in [-0.2, -0.15) is 5.10 Å². The van der Waals surface area contributed by atoms with Crippen molar-refractivity contribution in [2.45, 2.75) is 32.9 Å². The molecular weight excluding hydrogens is 464 g/mol. The van der Waals surface area contributed by atoms with E-state index in [1.807, 2.05) is 43.3 Å². The molecule has 4 aromatic rings. The summed E-state index contributed by atoms with van der Waals surface area (Å²) in [6, 6.07) is 14.4. The van der Waals surface area contributed by atoms with Crippen LogP contribution in [0.1, 0.15) is 52.1 Å². The molecule has 5 rings (SSSR count). The fourth-order valence-electron chi connectivity index (χ4n) is 4.45. The zero-order chi connectivity index (χ0) is 24.5. The zero-order valence-corrected chi connectivity index (χ0v) is 20.2. The molecule has 0 aliphatic carbocycles. The van der Waals surface area contributed by atoms with E-state index in [0.29, 0.717) is 40.7 Å². The Bertz CT molecular complexity index is 1390. The number of hydrogen-bond donors (Lipinski definition) is 2. The summed E-state index contributed by atoms with van der Waals surface area (Å²) in [5.74, 6) is 0.612. The minimum Gasteiger partial charge on any atom is -0.507 e. The second-order valence-electron chi connectivity index (χ2n) is 8.60. The number of halogens is 1. The van der Waals surface area contributed by atoms with Gasteiger partial charge in [0.2, 0.25) is 0 Å². The molecule has 0 saturated heterocycles. The fourth-order valence-corrected chi connectivity index (χ4v) is 4.61. The average molecular weight is 489 g/mol. The standard InChI is InChI=1S/C27H25ClN4O3/c1-3-10-35-19-8-4-7-18(12-19)26-23-24(20-13-21(28)16(2)11-22(20)33)30-31-25(23)27(34)32(26)15-17-6-5-9-29-14-17/h4-9,11-14,26,33H,3,10,15H2,1-2H3,(H,30,31). The monoisotopic (exact) mass is 488 g/mol. The Balaban J connectivity index is 1.66. The quantitative estimate of drug-likeness (QED) is 0.349. The molecule has 8 heteroatoms. The van der Waals surface area contributed by atoms with Crippen molar-refractivity contribution in [3.63, 3.8) is 0 Å². The van der Waals surface area contributed by atoms with E-state index in [1.165, 1.54) is 0 Å². The van der Waals surface area contributed by atoms with Crippen LogP contribution in [-0.2, 0) is 6.54 Å². The molecule has 0 saturated carbocycles. The molecule has 2 aromatic heterocycles. The molecule has 1 aliphatic rings. The maximum absolute atomic E-state index is 13.6. The molecular formula is C27H25ClN4O3. The highest BCUT2D eigenvalue weighted by atomic mass is 35.5. The molecule has 0 bridgehead atoms. The first kappa shape index (κ1) is 22.9. The predicted molar refractivity (Wildman–Crippen MR) is 134 cm³/mol. The number of carbonyl (C=O) groups is 1. The van der Waals surface area contributed by atoms with Crippen molar-refractivity contribution in [1.29, 1.82) is 0 Å². The lowest BCUT2D eigenvalue weighted by Gasteiger charge is -2.27. The maximum Gasteiger partial charge on any atom is 0.273 e. The van der Waals surface area contributed by atoms with E-state index in [4.69, 9.17) is 16.3 Å². The highest BCUT2D eigenvalue weighted by Gasteiger charge is 2.42. The summed E-state index contributed by atoms with van der Waals surface area (Å²) in [6.45, 7) is 4.84. The van der Waals surface area contributed by atoms with E-state index in [-0.39, 0.29) is 11.7 Å². The lowest BCUT2D eigenvalue weighted by Crippen LogP contribution is -2.29. The molecule has 178 valence electrons. The number of aromatic nitrogens is 3. The number of rotatable bonds is 7. The van der Waals surface area contributed by atoms with Gasteiger partial charge in [0.05, 0.1) is 12.6 Å². The summed E-state index contributed by atoms with van der Waals surface area (Å²) in [7, 11) is 0. The number of carbonyl (C=O) groups excluding carboxylic acids is 1. The molecule has 7 nitrogen and oxygen atoms in total. The van der Waals surface area contributed by atoms with E-state index >= 15 is 0 Å². The summed E-state index contributed by atoms with van der Waals surface area (Å²) in [4.78, 5) is 19.6. The van der Waals surface area contributed by atoms with E-state index in [2.05, 4.69) is 22.1 Å². The number of phenols is 1. The lowest BCUT2D eigenvalue weighted by atomic mass is 9.95. The van der Waals surface area contributed by atoms with Crippen LogP contribution in [0.15, 0.2) is 60.9 Å². The van der Waals surface area contributed by atoms with Crippen molar-refractivity contribution >= 4 is 17.5 Å². The average Bonchev–Trinajstić information content (AvgIpc) is 3.40. The van der Waals surface area contributed by atoms with Crippen LogP contribution in [0.4, 0.5) is 0 Å². The van der Waals surface area contributed by atoms with Gasteiger partial charge in [-0.05, 0) is 60.4 Å². The number of amides is 1. The van der Waals surface area contributed by atoms with Gasteiger partial charge < -0.3 is 14.7 Å². The Hall–Kier alpha value is -3.84. The molecule has 0 spiro atoms. The zero-order valence-electron chi connectivity index (χ0n) is 19.5. The molecule has 1 unspecified atom stereocenters. The van der Waals surface area contributed by atoms with Crippen LogP contribution in [-0.4, -0.2) is 37.7 Å². The van der Waals surface area contributed by atoms with Crippen molar-refractivity contribution in [3.8, 4) is 22.8 Å². The van der Waals surface area contributed by atoms with Crippen LogP contribution in [0.2, 0.25) is 5.02 Å². The van der Waals surface area contributed by atoms with Crippen LogP contribution in [0.25, 0.3) is 11.3 Å². The Morgan fingerprint density at radius 3 is 2.83 bits per heavy atom. The van der Waals surface area contributed by atoms with Crippen molar-refractivity contribution in [1.82, 2.24) is 20.1 Å². The fraction of sp³-hybridized carbons (Fsp3) is 0.222. The van der Waals surface area contributed by atoms with Crippen LogP contribution >= 0.6 is 11.6 Å². The minimum atomic E-state index is -0.448. The minimum absolute atomic E-state index is 0.0538. The van der Waals surface area contributed by atoms with Crippen LogP contribution < -0.4 is 4.74 Å². The molecule has 2 N–H and O–H groups in total. The Labute approximate surface area is 208 Å². The van der Waals surface area contributed by atoms with E-state index in [9.17, 15) is 9.90 Å². The van der Waals surface area contributed by atoms with Crippen molar-refractivity contribution in [2.75, 3.05) is 6.61 Å². The van der Waals surface area contributed by atoms with E-state index < -0.39 is 6.04 Å². The number of H-pyrrole nitrogens is 1. The third-order valence-electron chi connectivity index (χ3n) is 6.12. The first-order valence-electron chi connectivity index (χ1n) is 11.5. The largest absolute Gasteiger partial charge is 0.507 e. The SMILES string of the molecule is CCCOc1cccc(C2c3c(-c4cc(Cl)c(C)cc4O)n[nH]c3C(=O)N2Cc2cccnc2)c1. The van der Waals surface area contributed by atoms with Crippen LogP contribution in [0.5, 0.6) is 11.5 Å². The van der Waals surface area contributed by atoms with Crippen LogP contribution in [0, 0.1) is 6.92 Å². The summed E-state index contributed by atoms with van der Waals surface area (Å²) in [5.41, 5.74) is 4.60. The number of hydrogen-bond acceptors (Lipinski definition) is 5. The third-order valence-corrected chi connectivity index (χ3v) is 6.53. The normalized spacial score (nSPS) is 14.9. The molecule has 2 aromatic carbocycles. The molecule has 3 heterocycles. The number of pyridine rings is 1. The Kier molecular flexibility index (Phi) is 6.17. The highest BCUT2D eigenvalue weighted by Crippen LogP contribution is 2.46. The second kappa shape index (κ2) is 9.43. The number of nitrogens with zero attached hydrogens (tertiary/aromatic N) is 3. The van der Waals surface area contributed by atoms with Crippen molar-refractivity contribution in [3.05, 3.63) is 93.9 Å². The molecule has 1 amide bonds. The van der Waals surface area contributed by atoms with Gasteiger partial charge in [-0.15, -0.1) is 0 Å². The van der Waals surface area contributed by atoms with Gasteiger partial charge in [0, 0.05) is 35.1 Å². The Morgan fingerprint density at radius 2 is 2.06 bits per heavy atom. The first-order valence-corrected chi connectivity index (χ1v) is 11.9. The summed E-state index contributed by atoms with van der Waals surface area (Å²) >= 11 is 6.39. The highest BCUT2D eigenvalue weighted by molar-refractivity contribution is 6.31. The van der Waals surface area contributed by atoms with Gasteiger partial charge in [-0.25, -0.2) is 0 Å². The molecule has 1 atom stereocenters. The van der Waals surface area contributed by atoms with Crippen molar-refractivity contribution in [2.24, 2.45) is 0 Å². The maximum atomic E-state index is 13.6. The van der Waals surface area contributed by atoms with E-state index in [0.717, 1.165) is 28.9 Å². The summed E-state index contributed by atoms with van der Waals surface area (Å²) < 4.78 is 5.87. The van der Waals surface area contributed by atoms with Gasteiger partial charge in [-0.3, -0.25) is 14.9 Å². The third kappa shape index (κ3) is 4.23. The second-order valence-corrected chi connectivity index (χ2v) is 9.00. The number of aryl methyl sites for hydroxylation is 1. The predicted octanol–water partition coefficient (Wildman–Crippen LogP) is 5.67. The topological polar surface area (TPSA) is 91.3 Å². The number of phenolic OH excluding ortho intramolecular Hbond substituents is 1. The Morgan fingerprint density at radius 1 is 1.20 bits per heavy atom. The van der Waals surface area contributed by atoms with Gasteiger partial charge in [0.15, 0.2) is 0 Å². The lowest BCUT2D eigenvalue weighted by molar-refractivity contribution is 0.0729. The summed E-state index contributed by atoms with van der Waals surface area (Å²) in [5, 5.41) is 18.6. The number of benzene rings is 2. The summed E-state index contributed by atoms with van der Waals surface area (Å²) in [6.07, 6.45) is 4.35. The first-order chi connectivity index (χ1) is 17.0. The van der Waals surface area contributed by atoms with Gasteiger partial charge in [0.25, 0.3) is 5.91 Å². The van der Waals surface area contributed by atoms with Gasteiger partial charge in [0.1, 0.15) is 22.9 Å². The number of aromatic amines is 1. The molecule has 35 heavy (non-hydrogen) atoms.